The second kappa shape index (κ2) is 27.3. The molecule has 4 aliphatic carbocycles. The SMILES string of the molecule is COc1cc2c(c(C(=O)Nc3nc4ccccc4s3)c1)CN(c1ccc(-c3cnn(CC45CC6(C)CC(C)(C4)CC(OCCN(C)C(=O)OCc4ccc(NC(=O)[C@H](C)CC(=O)[C@@H](NC(=O)CCCCCN7C(=O)C=CC7=O)C(C)C)cc4)(C6)C5)c3C)c(C(=O)O)n1)CC2. The van der Waals surface area contributed by atoms with E-state index in [-0.39, 0.29) is 89.2 Å². The molecule has 23 heteroatoms. The van der Waals surface area contributed by atoms with Crippen molar-refractivity contribution in [3.05, 3.63) is 125 Å². The Balaban J connectivity index is 0.656. The van der Waals surface area contributed by atoms with E-state index >= 15 is 0 Å². The number of carbonyl (C=O) groups excluding carboxylic acids is 7. The summed E-state index contributed by atoms with van der Waals surface area (Å²) in [5, 5.41) is 24.9. The van der Waals surface area contributed by atoms with Crippen LogP contribution >= 0.6 is 11.3 Å². The van der Waals surface area contributed by atoms with Gasteiger partial charge >= 0.3 is 12.1 Å². The fourth-order valence-corrected chi connectivity index (χ4v) is 16.9. The van der Waals surface area contributed by atoms with Crippen LogP contribution in [0.15, 0.2) is 91.1 Å². The van der Waals surface area contributed by atoms with Gasteiger partial charge in [-0.1, -0.05) is 76.6 Å². The Labute approximate surface area is 551 Å². The number of ketones is 1. The molecule has 6 aromatic rings. The number of carboxylic acid groups (broad SMARTS) is 1. The lowest BCUT2D eigenvalue weighted by molar-refractivity contribution is -0.248. The van der Waals surface area contributed by atoms with Crippen LogP contribution in [-0.2, 0) is 59.6 Å². The molecule has 0 spiro atoms. The molecule has 94 heavy (non-hydrogen) atoms. The van der Waals surface area contributed by atoms with Crippen LogP contribution in [-0.4, -0.2) is 134 Å². The number of imide groups is 1. The van der Waals surface area contributed by atoms with Gasteiger partial charge in [0.25, 0.3) is 17.7 Å². The number of nitrogens with zero attached hydrogens (tertiary/aromatic N) is 7. The van der Waals surface area contributed by atoms with Crippen molar-refractivity contribution in [1.82, 2.24) is 34.9 Å². The molecule has 3 aromatic heterocycles. The minimum Gasteiger partial charge on any atom is -0.497 e. The van der Waals surface area contributed by atoms with Crippen LogP contribution in [0.5, 0.6) is 5.75 Å². The summed E-state index contributed by atoms with van der Waals surface area (Å²) in [7, 11) is 3.27. The van der Waals surface area contributed by atoms with Gasteiger partial charge in [-0.2, -0.15) is 5.10 Å². The predicted molar refractivity (Wildman–Crippen MR) is 355 cm³/mol. The number of thiazole rings is 1. The number of nitrogens with one attached hydrogen (secondary N) is 3. The second-order valence-corrected chi connectivity index (χ2v) is 28.8. The van der Waals surface area contributed by atoms with Crippen molar-refractivity contribution in [1.29, 1.82) is 0 Å². The number of carboxylic acids is 1. The highest BCUT2D eigenvalue weighted by Crippen LogP contribution is 2.72. The van der Waals surface area contributed by atoms with Gasteiger partial charge in [0.05, 0.1) is 41.8 Å². The molecule has 2 unspecified atom stereocenters. The smallest absolute Gasteiger partial charge is 0.409 e. The number of methoxy groups -OCH3 is 1. The summed E-state index contributed by atoms with van der Waals surface area (Å²) in [4.78, 5) is 118. The van der Waals surface area contributed by atoms with E-state index in [1.807, 2.05) is 72.8 Å². The first kappa shape index (κ1) is 66.6. The van der Waals surface area contributed by atoms with Crippen molar-refractivity contribution < 1.29 is 57.7 Å². The van der Waals surface area contributed by atoms with Gasteiger partial charge in [-0.05, 0) is 152 Å². The first-order valence-electron chi connectivity index (χ1n) is 32.5. The molecule has 0 saturated heterocycles. The van der Waals surface area contributed by atoms with Gasteiger partial charge in [-0.25, -0.2) is 19.6 Å². The number of fused-ring (bicyclic) bond motifs is 2. The molecule has 12 rings (SSSR count). The minimum atomic E-state index is -1.16. The molecule has 4 atom stereocenters. The van der Waals surface area contributed by atoms with Gasteiger partial charge in [0, 0.05) is 98.8 Å². The zero-order valence-corrected chi connectivity index (χ0v) is 55.6. The van der Waals surface area contributed by atoms with E-state index in [2.05, 4.69) is 34.8 Å². The van der Waals surface area contributed by atoms with E-state index in [4.69, 9.17) is 24.3 Å². The maximum absolute atomic E-state index is 14.0. The fourth-order valence-electron chi connectivity index (χ4n) is 16.1. The molecular weight excluding hydrogens is 1220 g/mol. The molecule has 4 fully saturated rings. The van der Waals surface area contributed by atoms with Crippen molar-refractivity contribution in [2.75, 3.05) is 55.9 Å². The van der Waals surface area contributed by atoms with Gasteiger partial charge < -0.3 is 39.8 Å². The Bertz CT molecular complexity index is 3900. The van der Waals surface area contributed by atoms with E-state index < -0.39 is 29.6 Å². The number of benzene rings is 3. The lowest BCUT2D eigenvalue weighted by atomic mass is 9.39. The van der Waals surface area contributed by atoms with Gasteiger partial charge in [0.2, 0.25) is 11.8 Å². The number of rotatable bonds is 27. The molecule has 2 aliphatic heterocycles. The molecule has 496 valence electrons. The maximum Gasteiger partial charge on any atom is 0.409 e. The summed E-state index contributed by atoms with van der Waals surface area (Å²) in [6.45, 7) is 14.5. The molecule has 4 bridgehead atoms. The van der Waals surface area contributed by atoms with Crippen LogP contribution in [0.3, 0.4) is 0 Å². The number of ether oxygens (including phenoxy) is 3. The zero-order chi connectivity index (χ0) is 66.9. The second-order valence-electron chi connectivity index (χ2n) is 27.8. The van der Waals surface area contributed by atoms with Crippen LogP contribution in [0, 0.1) is 35.0 Å². The number of Topliss-reactive ketones (excluding diaryl/α,β-unsaturated/α-hetero) is 1. The van der Waals surface area contributed by atoms with Crippen LogP contribution in [0.2, 0.25) is 0 Å². The number of pyridine rings is 1. The number of carbonyl (C=O) groups is 8. The third-order valence-electron chi connectivity index (χ3n) is 19.4. The molecule has 4 N–H and O–H groups in total. The lowest BCUT2D eigenvalue weighted by Gasteiger charge is -2.69. The van der Waals surface area contributed by atoms with Crippen LogP contribution in [0.25, 0.3) is 21.3 Å². The van der Waals surface area contributed by atoms with E-state index in [0.717, 1.165) is 65.6 Å². The van der Waals surface area contributed by atoms with Gasteiger partial charge in [0.15, 0.2) is 16.6 Å². The van der Waals surface area contributed by atoms with Crippen molar-refractivity contribution >= 4 is 85.6 Å². The van der Waals surface area contributed by atoms with E-state index in [0.29, 0.717) is 103 Å². The van der Waals surface area contributed by atoms with E-state index in [9.17, 15) is 43.5 Å². The normalized spacial score (nSPS) is 21.7. The summed E-state index contributed by atoms with van der Waals surface area (Å²) in [6.07, 6.45) is 11.9. The standard InChI is InChI=1S/C71H84N10O12S/c1-43(2)61(76-58(83)16-10-9-13-26-80-59(84)23-24-60(80)85)55(82)30-44(3)63(86)73-48-19-17-46(18-20-48)35-92-67(90)78(7)28-29-93-71-39-68(5)36-69(6,40-71)38-70(37-68,41-71)42-81-45(4)52(33-72-81)50-21-22-57(75-62(50)65(88)89)79-27-25-47-31-49(91-8)32-51(53(47)34-79)64(87)77-66-74-54-14-11-12-15-56(54)94-66/h11-12,14-15,17-24,31-33,43-44,61H,9-10,13,16,25-30,34-42H2,1-8H3,(H,73,86)(H,76,83)(H,88,89)(H,74,77,87)/t44-,61+,68?,69?,70?,71?/m1/s1. The largest absolute Gasteiger partial charge is 0.497 e. The number of unbranched alkanes of at least 4 members (excludes halogenated alkanes) is 2. The van der Waals surface area contributed by atoms with Gasteiger partial charge in [-0.3, -0.25) is 43.7 Å². The Morgan fingerprint density at radius 3 is 2.28 bits per heavy atom. The van der Waals surface area contributed by atoms with Crippen molar-refractivity contribution in [2.45, 2.75) is 150 Å². The van der Waals surface area contributed by atoms with E-state index in [1.54, 1.807) is 57.6 Å². The third kappa shape index (κ3) is 14.7. The van der Waals surface area contributed by atoms with E-state index in [1.165, 1.54) is 33.3 Å². The number of aromatic nitrogens is 4. The molecule has 0 radical (unpaired) electrons. The highest BCUT2D eigenvalue weighted by atomic mass is 32.1. The molecule has 5 heterocycles. The number of hydrogen-bond donors (Lipinski definition) is 4. The first-order chi connectivity index (χ1) is 44.8. The first-order valence-corrected chi connectivity index (χ1v) is 33.3. The molecular formula is C71H84N10O12S. The van der Waals surface area contributed by atoms with Gasteiger partial charge in [0.1, 0.15) is 18.2 Å². The average Bonchev–Trinajstić information content (AvgIpc) is 0.798. The Morgan fingerprint density at radius 1 is 0.840 bits per heavy atom. The van der Waals surface area contributed by atoms with Crippen LogP contribution in [0.4, 0.5) is 21.4 Å². The number of amides is 6. The summed E-state index contributed by atoms with van der Waals surface area (Å²) < 4.78 is 21.3. The monoisotopic (exact) mass is 1300 g/mol. The molecule has 4 saturated carbocycles. The topological polar surface area (TPSA) is 274 Å². The quantitative estimate of drug-likeness (QED) is 0.0276. The number of anilines is 3. The van der Waals surface area contributed by atoms with Crippen molar-refractivity contribution in [2.24, 2.45) is 28.1 Å². The molecule has 22 nitrogen and oxygen atoms in total. The summed E-state index contributed by atoms with van der Waals surface area (Å²) in [5.74, 6) is -2.86. The lowest BCUT2D eigenvalue weighted by Crippen LogP contribution is -2.64. The minimum absolute atomic E-state index is 0.00267. The Morgan fingerprint density at radius 2 is 1.57 bits per heavy atom. The Kier molecular flexibility index (Phi) is 19.3. The molecule has 3 aromatic carbocycles. The summed E-state index contributed by atoms with van der Waals surface area (Å²) in [6, 6.07) is 21.2. The fraction of sp³-hybridized carbons (Fsp3) is 0.479. The molecule has 6 amide bonds. The average molecular weight is 1300 g/mol. The van der Waals surface area contributed by atoms with Crippen molar-refractivity contribution in [3.63, 3.8) is 0 Å². The number of hydrogen-bond acceptors (Lipinski definition) is 16. The van der Waals surface area contributed by atoms with Gasteiger partial charge in [-0.15, -0.1) is 0 Å². The molecule has 6 aliphatic rings. The van der Waals surface area contributed by atoms with Crippen LogP contribution < -0.4 is 25.6 Å². The maximum atomic E-state index is 14.0. The number of para-hydroxylation sites is 1. The summed E-state index contributed by atoms with van der Waals surface area (Å²) in [5.41, 5.74) is 5.66. The predicted octanol–water partition coefficient (Wildman–Crippen LogP) is 10.9. The third-order valence-corrected chi connectivity index (χ3v) is 20.4. The van der Waals surface area contributed by atoms with Crippen molar-refractivity contribution in [3.8, 4) is 16.9 Å². The van der Waals surface area contributed by atoms with Crippen LogP contribution in [0.1, 0.15) is 148 Å². The number of aromatic carboxylic acids is 1. The number of likely N-dealkylation sites (N-methyl/N-ethyl adjacent to an activating group) is 1. The Hall–Kier alpha value is -8.83. The zero-order valence-electron chi connectivity index (χ0n) is 54.8. The summed E-state index contributed by atoms with van der Waals surface area (Å²) >= 11 is 1.40. The highest BCUT2D eigenvalue weighted by molar-refractivity contribution is 7.22. The highest BCUT2D eigenvalue weighted by Gasteiger charge is 2.66.